The van der Waals surface area contributed by atoms with Crippen molar-refractivity contribution in [3.63, 3.8) is 0 Å². The average molecular weight is 392 g/mol. The van der Waals surface area contributed by atoms with Crippen molar-refractivity contribution in [3.8, 4) is 11.5 Å². The highest BCUT2D eigenvalue weighted by molar-refractivity contribution is 6.05. The quantitative estimate of drug-likeness (QED) is 0.505. The van der Waals surface area contributed by atoms with Crippen LogP contribution in [0.2, 0.25) is 0 Å². The Morgan fingerprint density at radius 3 is 1.25 bits per heavy atom. The Balaban J connectivity index is 1.79. The van der Waals surface area contributed by atoms with Crippen LogP contribution in [0, 0.1) is 0 Å². The van der Waals surface area contributed by atoms with Crippen molar-refractivity contribution in [2.45, 2.75) is 25.7 Å². The highest BCUT2D eigenvalue weighted by atomic mass is 16.7. The van der Waals surface area contributed by atoms with Gasteiger partial charge in [-0.05, 0) is 12.1 Å². The molecule has 0 atom stereocenters. The molecule has 2 fully saturated rings. The van der Waals surface area contributed by atoms with E-state index in [1.807, 2.05) is 0 Å². The number of carbonyl (C=O) groups excluding carboxylic acids is 6. The van der Waals surface area contributed by atoms with Crippen LogP contribution < -0.4 is 0 Å². The second-order valence-corrected chi connectivity index (χ2v) is 5.78. The average Bonchev–Trinajstić information content (AvgIpc) is 3.13. The van der Waals surface area contributed by atoms with Gasteiger partial charge in [-0.3, -0.25) is 19.2 Å². The zero-order valence-corrected chi connectivity index (χ0v) is 14.0. The highest BCUT2D eigenvalue weighted by Crippen LogP contribution is 2.34. The minimum Gasteiger partial charge on any atom is -0.504 e. The molecule has 2 aliphatic heterocycles. The molecular formula is C16H12N2O10. The van der Waals surface area contributed by atoms with Crippen LogP contribution in [0.1, 0.15) is 46.4 Å². The van der Waals surface area contributed by atoms with Gasteiger partial charge < -0.3 is 19.9 Å². The lowest BCUT2D eigenvalue weighted by molar-refractivity contribution is -0.173. The largest absolute Gasteiger partial charge is 0.504 e. The van der Waals surface area contributed by atoms with E-state index in [1.165, 1.54) is 0 Å². The van der Waals surface area contributed by atoms with E-state index in [0.717, 1.165) is 12.1 Å². The molecule has 2 N–H and O–H groups in total. The summed E-state index contributed by atoms with van der Waals surface area (Å²) in [5.41, 5.74) is -1.29. The van der Waals surface area contributed by atoms with Gasteiger partial charge in [0.25, 0.3) is 23.6 Å². The smallest absolute Gasteiger partial charge is 0.367 e. The van der Waals surface area contributed by atoms with Gasteiger partial charge in [0.15, 0.2) is 11.5 Å². The van der Waals surface area contributed by atoms with E-state index in [2.05, 4.69) is 9.68 Å². The standard InChI is InChI=1S/C16H12N2O10/c19-9-3-4-10(20)17(9)27-15(25)7-1-2-8(14(24)13(7)23)16(26)28-18-11(21)5-6-12(18)22/h1-2,23-24H,3-6H2. The van der Waals surface area contributed by atoms with E-state index in [1.54, 1.807) is 0 Å². The van der Waals surface area contributed by atoms with Crippen LogP contribution in [0.15, 0.2) is 12.1 Å². The van der Waals surface area contributed by atoms with E-state index in [0.29, 0.717) is 0 Å². The summed E-state index contributed by atoms with van der Waals surface area (Å²) >= 11 is 0. The van der Waals surface area contributed by atoms with Gasteiger partial charge in [-0.15, -0.1) is 10.1 Å². The van der Waals surface area contributed by atoms with Crippen molar-refractivity contribution in [1.29, 1.82) is 0 Å². The molecule has 146 valence electrons. The molecule has 0 aliphatic carbocycles. The molecule has 3 rings (SSSR count). The molecule has 2 aliphatic rings. The number of phenolic OH excluding ortho intramolecular Hbond substituents is 2. The molecular weight excluding hydrogens is 380 g/mol. The summed E-state index contributed by atoms with van der Waals surface area (Å²) in [7, 11) is 0. The monoisotopic (exact) mass is 392 g/mol. The van der Waals surface area contributed by atoms with Crippen molar-refractivity contribution in [2.75, 3.05) is 0 Å². The fraction of sp³-hybridized carbons (Fsp3) is 0.250. The Kier molecular flexibility index (Phi) is 4.69. The zero-order valence-electron chi connectivity index (χ0n) is 14.0. The van der Waals surface area contributed by atoms with Crippen LogP contribution in [-0.4, -0.2) is 55.9 Å². The van der Waals surface area contributed by atoms with Gasteiger partial charge in [-0.2, -0.15) is 0 Å². The van der Waals surface area contributed by atoms with E-state index in [4.69, 9.17) is 0 Å². The number of rotatable bonds is 4. The molecule has 0 unspecified atom stereocenters. The molecule has 1 aromatic carbocycles. The lowest BCUT2D eigenvalue weighted by Crippen LogP contribution is -2.32. The van der Waals surface area contributed by atoms with Crippen LogP contribution in [0.25, 0.3) is 0 Å². The molecule has 12 nitrogen and oxygen atoms in total. The van der Waals surface area contributed by atoms with Crippen LogP contribution in [0.3, 0.4) is 0 Å². The number of hydrogen-bond donors (Lipinski definition) is 2. The predicted octanol–water partition coefficient (Wildman–Crippen LogP) is -0.461. The van der Waals surface area contributed by atoms with Crippen molar-refractivity contribution in [1.82, 2.24) is 10.1 Å². The van der Waals surface area contributed by atoms with Gasteiger partial charge in [-0.25, -0.2) is 9.59 Å². The summed E-state index contributed by atoms with van der Waals surface area (Å²) < 4.78 is 0. The molecule has 2 saturated heterocycles. The minimum absolute atomic E-state index is 0.137. The first-order valence-electron chi connectivity index (χ1n) is 7.91. The van der Waals surface area contributed by atoms with E-state index in [-0.39, 0.29) is 35.8 Å². The van der Waals surface area contributed by atoms with Gasteiger partial charge in [0.2, 0.25) is 0 Å². The molecule has 2 heterocycles. The number of phenols is 2. The second kappa shape index (κ2) is 6.98. The lowest BCUT2D eigenvalue weighted by Gasteiger charge is -2.15. The number of hydrogen-bond acceptors (Lipinski definition) is 10. The first kappa shape index (κ1) is 18.8. The number of nitrogens with zero attached hydrogens (tertiary/aromatic N) is 2. The summed E-state index contributed by atoms with van der Waals surface area (Å²) in [5.74, 6) is -7.83. The van der Waals surface area contributed by atoms with E-state index in [9.17, 15) is 39.0 Å². The number of imide groups is 2. The Bertz CT molecular complexity index is 831. The van der Waals surface area contributed by atoms with Gasteiger partial charge in [0.05, 0.1) is 0 Å². The third-order valence-corrected chi connectivity index (χ3v) is 3.95. The maximum Gasteiger partial charge on any atom is 0.367 e. The summed E-state index contributed by atoms with van der Waals surface area (Å²) in [5, 5.41) is 20.4. The summed E-state index contributed by atoms with van der Waals surface area (Å²) in [6.45, 7) is 0. The van der Waals surface area contributed by atoms with Crippen LogP contribution in [0.4, 0.5) is 0 Å². The van der Waals surface area contributed by atoms with Gasteiger partial charge in [0.1, 0.15) is 11.1 Å². The zero-order chi connectivity index (χ0) is 20.6. The fourth-order valence-corrected chi connectivity index (χ4v) is 2.49. The minimum atomic E-state index is -1.33. The number of hydroxylamine groups is 4. The molecule has 0 aromatic heterocycles. The van der Waals surface area contributed by atoms with Crippen molar-refractivity contribution < 1.29 is 48.7 Å². The molecule has 0 bridgehead atoms. The van der Waals surface area contributed by atoms with E-state index < -0.39 is 58.2 Å². The summed E-state index contributed by atoms with van der Waals surface area (Å²) in [4.78, 5) is 79.2. The predicted molar refractivity (Wildman–Crippen MR) is 82.8 cm³/mol. The second-order valence-electron chi connectivity index (χ2n) is 5.78. The number of carbonyl (C=O) groups is 6. The third-order valence-electron chi connectivity index (χ3n) is 3.95. The SMILES string of the molecule is O=C(ON1C(=O)CCC1=O)c1ccc(C(=O)ON2C(=O)CCC2=O)c(O)c1O. The fourth-order valence-electron chi connectivity index (χ4n) is 2.49. The Morgan fingerprint density at radius 2 is 0.964 bits per heavy atom. The summed E-state index contributed by atoms with van der Waals surface area (Å²) in [6, 6.07) is 1.74. The molecule has 4 amide bonds. The van der Waals surface area contributed by atoms with E-state index >= 15 is 0 Å². The van der Waals surface area contributed by atoms with Crippen LogP contribution in [0.5, 0.6) is 11.5 Å². The Hall–Kier alpha value is -3.96. The number of aromatic hydroxyl groups is 2. The molecule has 28 heavy (non-hydrogen) atoms. The molecule has 1 aromatic rings. The molecule has 0 saturated carbocycles. The third kappa shape index (κ3) is 3.22. The summed E-state index contributed by atoms with van der Waals surface area (Å²) in [6.07, 6.45) is -0.547. The first-order chi connectivity index (χ1) is 13.2. The lowest BCUT2D eigenvalue weighted by atomic mass is 10.1. The van der Waals surface area contributed by atoms with Crippen molar-refractivity contribution >= 4 is 35.6 Å². The number of benzene rings is 1. The van der Waals surface area contributed by atoms with Gasteiger partial charge in [0, 0.05) is 25.7 Å². The normalized spacial score (nSPS) is 16.7. The maximum absolute atomic E-state index is 12.1. The molecule has 12 heteroatoms. The van der Waals surface area contributed by atoms with Gasteiger partial charge >= 0.3 is 11.9 Å². The Morgan fingerprint density at radius 1 is 0.679 bits per heavy atom. The van der Waals surface area contributed by atoms with Crippen LogP contribution >= 0.6 is 0 Å². The van der Waals surface area contributed by atoms with Crippen molar-refractivity contribution in [3.05, 3.63) is 23.3 Å². The van der Waals surface area contributed by atoms with Gasteiger partial charge in [-0.1, -0.05) is 0 Å². The molecule has 0 spiro atoms. The first-order valence-corrected chi connectivity index (χ1v) is 7.91. The van der Waals surface area contributed by atoms with Crippen LogP contribution in [-0.2, 0) is 28.9 Å². The topological polar surface area (TPSA) is 168 Å². The number of amides is 4. The Labute approximate surface area is 155 Å². The van der Waals surface area contributed by atoms with Crippen molar-refractivity contribution in [2.24, 2.45) is 0 Å². The maximum atomic E-state index is 12.1. The molecule has 0 radical (unpaired) electrons. The highest BCUT2D eigenvalue weighted by Gasteiger charge is 2.36.